The molecule has 126 valence electrons. The minimum Gasteiger partial charge on any atom is -0.507 e. The number of aromatic hydroxyl groups is 1. The molecule has 1 aromatic rings. The molecule has 3 N–H and O–H groups in total. The third-order valence-electron chi connectivity index (χ3n) is 4.35. The highest BCUT2D eigenvalue weighted by Gasteiger charge is 2.21. The van der Waals surface area contributed by atoms with Crippen molar-refractivity contribution < 1.29 is 9.84 Å². The van der Waals surface area contributed by atoms with Gasteiger partial charge in [-0.2, -0.15) is 5.10 Å². The van der Waals surface area contributed by atoms with Gasteiger partial charge in [0, 0.05) is 11.6 Å². The first-order valence-electron chi connectivity index (χ1n) is 7.99. The Morgan fingerprint density at radius 1 is 1.35 bits per heavy atom. The summed E-state index contributed by atoms with van der Waals surface area (Å²) in [6.45, 7) is 4.07. The first kappa shape index (κ1) is 17.5. The molecule has 0 spiro atoms. The number of nitrogens with one attached hydrogen (secondary N) is 2. The average molecular weight is 335 g/mol. The predicted molar refractivity (Wildman–Crippen MR) is 97.2 cm³/mol. The Hall–Kier alpha value is -1.82. The van der Waals surface area contributed by atoms with Gasteiger partial charge in [-0.15, -0.1) is 0 Å². The Morgan fingerprint density at radius 2 is 2.09 bits per heavy atom. The quantitative estimate of drug-likeness (QED) is 0.448. The Kier molecular flexibility index (Phi) is 6.21. The molecular weight excluding hydrogens is 310 g/mol. The lowest BCUT2D eigenvalue weighted by atomic mass is 9.86. The highest BCUT2D eigenvalue weighted by atomic mass is 32.1. The van der Waals surface area contributed by atoms with Crippen molar-refractivity contribution in [1.29, 1.82) is 0 Å². The molecule has 0 bridgehead atoms. The molecule has 0 radical (unpaired) electrons. The van der Waals surface area contributed by atoms with Crippen molar-refractivity contribution in [1.82, 2.24) is 10.7 Å². The number of phenolic OH excluding ortho intramolecular Hbond substituents is 1. The van der Waals surface area contributed by atoms with Crippen LogP contribution in [0.3, 0.4) is 0 Å². The van der Waals surface area contributed by atoms with Gasteiger partial charge in [-0.1, -0.05) is 19.8 Å². The summed E-state index contributed by atoms with van der Waals surface area (Å²) in [5.74, 6) is 1.45. The normalized spacial score (nSPS) is 21.6. The van der Waals surface area contributed by atoms with Gasteiger partial charge in [0.1, 0.15) is 11.5 Å². The number of hydrazone groups is 1. The van der Waals surface area contributed by atoms with Crippen molar-refractivity contribution in [2.24, 2.45) is 11.0 Å². The Morgan fingerprint density at radius 3 is 2.78 bits per heavy atom. The van der Waals surface area contributed by atoms with E-state index in [0.29, 0.717) is 34.1 Å². The summed E-state index contributed by atoms with van der Waals surface area (Å²) in [5.41, 5.74) is 4.13. The Bertz CT molecular complexity index is 589. The van der Waals surface area contributed by atoms with E-state index in [1.807, 2.05) is 6.92 Å². The van der Waals surface area contributed by atoms with E-state index in [1.165, 1.54) is 19.3 Å². The summed E-state index contributed by atoms with van der Waals surface area (Å²) in [7, 11) is 1.59. The lowest BCUT2D eigenvalue weighted by molar-refractivity contribution is 0.308. The number of phenols is 1. The van der Waals surface area contributed by atoms with Gasteiger partial charge >= 0.3 is 0 Å². The largest absolute Gasteiger partial charge is 0.507 e. The summed E-state index contributed by atoms with van der Waals surface area (Å²) in [6, 6.07) is 5.45. The maximum Gasteiger partial charge on any atom is 0.187 e. The van der Waals surface area contributed by atoms with E-state index in [2.05, 4.69) is 22.8 Å². The monoisotopic (exact) mass is 335 g/mol. The Balaban J connectivity index is 1.97. The second-order valence-corrected chi connectivity index (χ2v) is 6.44. The van der Waals surface area contributed by atoms with Crippen LogP contribution in [-0.2, 0) is 0 Å². The summed E-state index contributed by atoms with van der Waals surface area (Å²) < 4.78 is 5.17. The van der Waals surface area contributed by atoms with Crippen molar-refractivity contribution in [3.8, 4) is 11.5 Å². The van der Waals surface area contributed by atoms with Crippen LogP contribution in [0.5, 0.6) is 11.5 Å². The van der Waals surface area contributed by atoms with Crippen LogP contribution in [0, 0.1) is 5.92 Å². The fourth-order valence-electron chi connectivity index (χ4n) is 2.86. The molecule has 1 aliphatic rings. The second-order valence-electron chi connectivity index (χ2n) is 6.03. The van der Waals surface area contributed by atoms with Crippen LogP contribution in [0.25, 0.3) is 0 Å². The first-order chi connectivity index (χ1) is 11.0. The van der Waals surface area contributed by atoms with Crippen molar-refractivity contribution >= 4 is 23.0 Å². The molecule has 1 aromatic carbocycles. The molecule has 0 aromatic heterocycles. The molecule has 0 unspecified atom stereocenters. The maximum absolute atomic E-state index is 9.95. The van der Waals surface area contributed by atoms with E-state index in [-0.39, 0.29) is 5.75 Å². The fraction of sp³-hybridized carbons (Fsp3) is 0.529. The van der Waals surface area contributed by atoms with Gasteiger partial charge in [-0.05, 0) is 56.1 Å². The minimum atomic E-state index is 0.161. The third-order valence-corrected chi connectivity index (χ3v) is 4.56. The number of thiocarbonyl (C=S) groups is 1. The summed E-state index contributed by atoms with van der Waals surface area (Å²) >= 11 is 5.32. The number of hydrogen-bond donors (Lipinski definition) is 3. The van der Waals surface area contributed by atoms with E-state index in [4.69, 9.17) is 17.0 Å². The minimum absolute atomic E-state index is 0.161. The SMILES string of the molecule is COc1ccc(O)c(/C(C)=N/NC(=S)N[C@H]2CCCC[C@H]2C)c1. The van der Waals surface area contributed by atoms with Gasteiger partial charge in [0.25, 0.3) is 0 Å². The molecule has 0 aliphatic heterocycles. The number of hydrogen-bond acceptors (Lipinski definition) is 4. The second kappa shape index (κ2) is 8.15. The van der Waals surface area contributed by atoms with Crippen LogP contribution in [0.4, 0.5) is 0 Å². The third kappa shape index (κ3) is 4.82. The number of rotatable bonds is 4. The van der Waals surface area contributed by atoms with E-state index < -0.39 is 0 Å². The van der Waals surface area contributed by atoms with Crippen molar-refractivity contribution in [3.63, 3.8) is 0 Å². The van der Waals surface area contributed by atoms with Crippen LogP contribution >= 0.6 is 12.2 Å². The molecule has 2 rings (SSSR count). The molecule has 2 atom stereocenters. The molecule has 0 saturated heterocycles. The Labute approximate surface area is 143 Å². The molecule has 0 heterocycles. The summed E-state index contributed by atoms with van der Waals surface area (Å²) in [5, 5.41) is 18.1. The molecular formula is C17H25N3O2S. The predicted octanol–water partition coefficient (Wildman–Crippen LogP) is 3.17. The standard InChI is InChI=1S/C17H25N3O2S/c1-11-6-4-5-7-15(11)18-17(23)20-19-12(2)14-10-13(22-3)8-9-16(14)21/h8-11,15,21H,4-7H2,1-3H3,(H2,18,20,23)/b19-12+/t11-,15+/m1/s1. The molecule has 1 saturated carbocycles. The topological polar surface area (TPSA) is 65.9 Å². The molecule has 1 fully saturated rings. The van der Waals surface area contributed by atoms with E-state index in [0.717, 1.165) is 6.42 Å². The molecule has 1 aliphatic carbocycles. The van der Waals surface area contributed by atoms with Crippen LogP contribution in [0.2, 0.25) is 0 Å². The van der Waals surface area contributed by atoms with Gasteiger partial charge in [-0.3, -0.25) is 5.43 Å². The lowest BCUT2D eigenvalue weighted by Crippen LogP contribution is -2.44. The van der Waals surface area contributed by atoms with Crippen LogP contribution in [0.15, 0.2) is 23.3 Å². The van der Waals surface area contributed by atoms with E-state index >= 15 is 0 Å². The number of ether oxygens (including phenoxy) is 1. The number of nitrogens with zero attached hydrogens (tertiary/aromatic N) is 1. The lowest BCUT2D eigenvalue weighted by Gasteiger charge is -2.30. The van der Waals surface area contributed by atoms with Crippen LogP contribution in [-0.4, -0.2) is 29.1 Å². The van der Waals surface area contributed by atoms with Crippen LogP contribution < -0.4 is 15.5 Å². The number of methoxy groups -OCH3 is 1. The summed E-state index contributed by atoms with van der Waals surface area (Å²) in [4.78, 5) is 0. The zero-order chi connectivity index (χ0) is 16.8. The zero-order valence-corrected chi connectivity index (χ0v) is 14.7. The molecule has 0 amide bonds. The first-order valence-corrected chi connectivity index (χ1v) is 8.40. The molecule has 23 heavy (non-hydrogen) atoms. The maximum atomic E-state index is 9.95. The van der Waals surface area contributed by atoms with Gasteiger partial charge in [0.15, 0.2) is 5.11 Å². The van der Waals surface area contributed by atoms with Crippen molar-refractivity contribution in [3.05, 3.63) is 23.8 Å². The van der Waals surface area contributed by atoms with E-state index in [1.54, 1.807) is 25.3 Å². The smallest absolute Gasteiger partial charge is 0.187 e. The van der Waals surface area contributed by atoms with Gasteiger partial charge in [-0.25, -0.2) is 0 Å². The van der Waals surface area contributed by atoms with Crippen LogP contribution in [0.1, 0.15) is 45.1 Å². The average Bonchev–Trinajstić information content (AvgIpc) is 2.55. The van der Waals surface area contributed by atoms with Gasteiger partial charge in [0.2, 0.25) is 0 Å². The van der Waals surface area contributed by atoms with Crippen molar-refractivity contribution in [2.75, 3.05) is 7.11 Å². The molecule has 6 heteroatoms. The van der Waals surface area contributed by atoms with Gasteiger partial charge in [0.05, 0.1) is 12.8 Å². The molecule has 5 nitrogen and oxygen atoms in total. The van der Waals surface area contributed by atoms with E-state index in [9.17, 15) is 5.11 Å². The zero-order valence-electron chi connectivity index (χ0n) is 13.9. The fourth-order valence-corrected chi connectivity index (χ4v) is 3.06. The van der Waals surface area contributed by atoms with Crippen molar-refractivity contribution in [2.45, 2.75) is 45.6 Å². The highest BCUT2D eigenvalue weighted by Crippen LogP contribution is 2.24. The number of benzene rings is 1. The highest BCUT2D eigenvalue weighted by molar-refractivity contribution is 7.80. The summed E-state index contributed by atoms with van der Waals surface area (Å²) in [6.07, 6.45) is 4.92. The van der Waals surface area contributed by atoms with Gasteiger partial charge < -0.3 is 15.2 Å².